The van der Waals surface area contributed by atoms with Gasteiger partial charge in [0.05, 0.1) is 5.52 Å². The summed E-state index contributed by atoms with van der Waals surface area (Å²) in [6.45, 7) is 11.3. The molecule has 3 nitrogen and oxygen atoms in total. The Morgan fingerprint density at radius 3 is 2.10 bits per heavy atom. The fourth-order valence-electron chi connectivity index (χ4n) is 2.33. The van der Waals surface area contributed by atoms with Gasteiger partial charge in [-0.25, -0.2) is 13.8 Å². The van der Waals surface area contributed by atoms with Crippen LogP contribution in [-0.4, -0.2) is 9.55 Å². The van der Waals surface area contributed by atoms with Gasteiger partial charge in [0.2, 0.25) is 0 Å². The predicted molar refractivity (Wildman–Crippen MR) is 79.6 cm³/mol. The van der Waals surface area contributed by atoms with Crippen LogP contribution in [-0.2, 0) is 11.0 Å². The number of hydrogen-bond acceptors (Lipinski definition) is 2. The van der Waals surface area contributed by atoms with E-state index in [2.05, 4.69) is 4.98 Å². The highest BCUT2D eigenvalue weighted by Crippen LogP contribution is 2.27. The third kappa shape index (κ3) is 2.57. The molecule has 1 heterocycles. The van der Waals surface area contributed by atoms with Crippen LogP contribution in [0.5, 0.6) is 0 Å². The fourth-order valence-corrected chi connectivity index (χ4v) is 2.33. The molecule has 0 saturated heterocycles. The third-order valence-electron chi connectivity index (χ3n) is 3.27. The highest BCUT2D eigenvalue weighted by molar-refractivity contribution is 5.78. The molecule has 2 aromatic rings. The molecule has 0 amide bonds. The molecule has 1 aromatic heterocycles. The minimum atomic E-state index is -1.14. The van der Waals surface area contributed by atoms with Crippen LogP contribution in [0, 0.1) is 11.6 Å². The van der Waals surface area contributed by atoms with Crippen LogP contribution in [0.25, 0.3) is 10.9 Å². The van der Waals surface area contributed by atoms with Crippen LogP contribution < -0.4 is 5.56 Å². The largest absolute Gasteiger partial charge is 0.290 e. The molecule has 0 atom stereocenters. The van der Waals surface area contributed by atoms with Gasteiger partial charge in [-0.3, -0.25) is 9.36 Å². The predicted octanol–water partition coefficient (Wildman–Crippen LogP) is 3.73. The van der Waals surface area contributed by atoms with Gasteiger partial charge < -0.3 is 0 Å². The summed E-state index contributed by atoms with van der Waals surface area (Å²) in [6, 6.07) is 2.34. The quantitative estimate of drug-likeness (QED) is 0.742. The minimum absolute atomic E-state index is 0.185. The molecule has 0 N–H and O–H groups in total. The number of rotatable bonds is 0. The summed E-state index contributed by atoms with van der Waals surface area (Å²) in [6.07, 6.45) is 0. The standard InChI is InChI=1S/C16H20F2N2O/c1-15(2,3)14-19-10-8-7-9(17)12(18)11(10)13(21)20(14)16(4,5)6/h7-8H,1-6H3. The number of nitrogens with zero attached hydrogens (tertiary/aromatic N) is 2. The smallest absolute Gasteiger partial charge is 0.264 e. The molecule has 114 valence electrons. The zero-order chi connectivity index (χ0) is 16.2. The molecule has 0 bridgehead atoms. The highest BCUT2D eigenvalue weighted by atomic mass is 19.2. The molecule has 1 aromatic carbocycles. The van der Waals surface area contributed by atoms with E-state index in [9.17, 15) is 13.6 Å². The Balaban J connectivity index is 3.07. The van der Waals surface area contributed by atoms with Crippen LogP contribution in [0.15, 0.2) is 16.9 Å². The van der Waals surface area contributed by atoms with Crippen molar-refractivity contribution in [1.29, 1.82) is 0 Å². The Morgan fingerprint density at radius 1 is 1.05 bits per heavy atom. The van der Waals surface area contributed by atoms with Gasteiger partial charge in [0.25, 0.3) is 5.56 Å². The lowest BCUT2D eigenvalue weighted by molar-refractivity contribution is 0.337. The Morgan fingerprint density at radius 2 is 1.62 bits per heavy atom. The first kappa shape index (κ1) is 15.6. The van der Waals surface area contributed by atoms with Gasteiger partial charge in [0, 0.05) is 11.0 Å². The maximum atomic E-state index is 14.0. The summed E-state index contributed by atoms with van der Waals surface area (Å²) in [5.41, 5.74) is -1.34. The topological polar surface area (TPSA) is 34.9 Å². The Kier molecular flexibility index (Phi) is 3.43. The second-order valence-electron chi connectivity index (χ2n) is 7.25. The summed E-state index contributed by atoms with van der Waals surface area (Å²) < 4.78 is 28.9. The lowest BCUT2D eigenvalue weighted by Crippen LogP contribution is -2.41. The van der Waals surface area contributed by atoms with Crippen molar-refractivity contribution in [3.05, 3.63) is 39.9 Å². The van der Waals surface area contributed by atoms with Gasteiger partial charge in [-0.05, 0) is 32.9 Å². The number of benzene rings is 1. The monoisotopic (exact) mass is 294 g/mol. The van der Waals surface area contributed by atoms with E-state index >= 15 is 0 Å². The lowest BCUT2D eigenvalue weighted by atomic mass is 9.93. The molecule has 0 fully saturated rings. The first-order valence-corrected chi connectivity index (χ1v) is 6.86. The van der Waals surface area contributed by atoms with E-state index in [1.165, 1.54) is 10.6 Å². The Hall–Kier alpha value is -1.78. The van der Waals surface area contributed by atoms with E-state index in [1.807, 2.05) is 41.5 Å². The van der Waals surface area contributed by atoms with Crippen molar-refractivity contribution in [1.82, 2.24) is 9.55 Å². The number of fused-ring (bicyclic) bond motifs is 1. The highest BCUT2D eigenvalue weighted by Gasteiger charge is 2.29. The first-order valence-electron chi connectivity index (χ1n) is 6.86. The molecule has 0 aliphatic heterocycles. The second-order valence-corrected chi connectivity index (χ2v) is 7.25. The van der Waals surface area contributed by atoms with Crippen molar-refractivity contribution < 1.29 is 8.78 Å². The average Bonchev–Trinajstić information content (AvgIpc) is 2.30. The molecule has 0 aliphatic carbocycles. The van der Waals surface area contributed by atoms with Crippen molar-refractivity contribution in [2.45, 2.75) is 52.5 Å². The van der Waals surface area contributed by atoms with Crippen LogP contribution >= 0.6 is 0 Å². The van der Waals surface area contributed by atoms with E-state index in [4.69, 9.17) is 0 Å². The van der Waals surface area contributed by atoms with Gasteiger partial charge in [-0.15, -0.1) is 0 Å². The van der Waals surface area contributed by atoms with E-state index < -0.39 is 28.1 Å². The second kappa shape index (κ2) is 4.61. The van der Waals surface area contributed by atoms with Crippen molar-refractivity contribution >= 4 is 10.9 Å². The third-order valence-corrected chi connectivity index (χ3v) is 3.27. The first-order chi connectivity index (χ1) is 9.44. The van der Waals surface area contributed by atoms with Gasteiger partial charge in [0.15, 0.2) is 11.6 Å². The zero-order valence-corrected chi connectivity index (χ0v) is 13.2. The minimum Gasteiger partial charge on any atom is -0.290 e. The van der Waals surface area contributed by atoms with E-state index in [-0.39, 0.29) is 10.9 Å². The lowest BCUT2D eigenvalue weighted by Gasteiger charge is -2.31. The van der Waals surface area contributed by atoms with Crippen molar-refractivity contribution in [3.8, 4) is 0 Å². The molecular formula is C16H20F2N2O. The number of aromatic nitrogens is 2. The van der Waals surface area contributed by atoms with Gasteiger partial charge in [0.1, 0.15) is 11.2 Å². The fraction of sp³-hybridized carbons (Fsp3) is 0.500. The number of halogens is 2. The molecule has 0 saturated carbocycles. The van der Waals surface area contributed by atoms with Crippen molar-refractivity contribution in [2.24, 2.45) is 0 Å². The molecule has 5 heteroatoms. The molecule has 0 unspecified atom stereocenters. The van der Waals surface area contributed by atoms with Crippen LogP contribution in [0.1, 0.15) is 47.4 Å². The Bertz CT molecular complexity index is 765. The Labute approximate surface area is 122 Å². The van der Waals surface area contributed by atoms with Crippen molar-refractivity contribution in [2.75, 3.05) is 0 Å². The number of hydrogen-bond donors (Lipinski definition) is 0. The summed E-state index contributed by atoms with van der Waals surface area (Å²) in [7, 11) is 0. The summed E-state index contributed by atoms with van der Waals surface area (Å²) >= 11 is 0. The SMILES string of the molecule is CC(C)(C)c1nc2ccc(F)c(F)c2c(=O)n1C(C)(C)C. The maximum absolute atomic E-state index is 14.0. The summed E-state index contributed by atoms with van der Waals surface area (Å²) in [5.74, 6) is -1.62. The molecule has 0 radical (unpaired) electrons. The zero-order valence-electron chi connectivity index (χ0n) is 13.2. The van der Waals surface area contributed by atoms with Crippen LogP contribution in [0.3, 0.4) is 0 Å². The summed E-state index contributed by atoms with van der Waals surface area (Å²) in [4.78, 5) is 17.2. The van der Waals surface area contributed by atoms with Gasteiger partial charge in [-0.1, -0.05) is 20.8 Å². The van der Waals surface area contributed by atoms with Gasteiger partial charge in [-0.2, -0.15) is 0 Å². The maximum Gasteiger partial charge on any atom is 0.264 e. The van der Waals surface area contributed by atoms with Gasteiger partial charge >= 0.3 is 0 Å². The molecular weight excluding hydrogens is 274 g/mol. The van der Waals surface area contributed by atoms with E-state index in [0.717, 1.165) is 6.07 Å². The molecule has 0 spiro atoms. The molecule has 21 heavy (non-hydrogen) atoms. The molecule has 0 aliphatic rings. The molecule has 2 rings (SSSR count). The summed E-state index contributed by atoms with van der Waals surface area (Å²) in [5, 5.41) is -0.294. The van der Waals surface area contributed by atoms with Crippen LogP contribution in [0.2, 0.25) is 0 Å². The van der Waals surface area contributed by atoms with E-state index in [0.29, 0.717) is 5.82 Å². The average molecular weight is 294 g/mol. The van der Waals surface area contributed by atoms with E-state index in [1.54, 1.807) is 0 Å². The normalized spacial score (nSPS) is 13.0. The van der Waals surface area contributed by atoms with Crippen molar-refractivity contribution in [3.63, 3.8) is 0 Å². The van der Waals surface area contributed by atoms with Crippen LogP contribution in [0.4, 0.5) is 8.78 Å².